The number of carbonyl (C=O) groups is 2. The van der Waals surface area contributed by atoms with Gasteiger partial charge in [0.15, 0.2) is 0 Å². The molecular weight excluding hydrogens is 396 g/mol. The molecule has 0 heterocycles. The van der Waals surface area contributed by atoms with Gasteiger partial charge in [0.25, 0.3) is 0 Å². The molecule has 1 atom stereocenters. The molecule has 0 saturated carbocycles. The molecule has 5 nitrogen and oxygen atoms in total. The van der Waals surface area contributed by atoms with E-state index in [0.29, 0.717) is 23.6 Å². The van der Waals surface area contributed by atoms with E-state index in [4.69, 9.17) is 16.7 Å². The van der Waals surface area contributed by atoms with Crippen LogP contribution in [-0.4, -0.2) is 28.8 Å². The van der Waals surface area contributed by atoms with E-state index in [-0.39, 0.29) is 17.9 Å². The van der Waals surface area contributed by atoms with Gasteiger partial charge in [-0.05, 0) is 30.5 Å². The summed E-state index contributed by atoms with van der Waals surface area (Å²) in [5.41, 5.74) is 1.40. The van der Waals surface area contributed by atoms with E-state index >= 15 is 0 Å². The average molecular weight is 421 g/mol. The molecule has 0 radical (unpaired) electrons. The van der Waals surface area contributed by atoms with Crippen molar-refractivity contribution in [3.63, 3.8) is 0 Å². The minimum Gasteiger partial charge on any atom is -0.396 e. The molecule has 0 saturated heterocycles. The monoisotopic (exact) mass is 420 g/mol. The summed E-state index contributed by atoms with van der Waals surface area (Å²) >= 11 is 7.78. The molecule has 2 aromatic carbocycles. The van der Waals surface area contributed by atoms with Crippen LogP contribution in [0.2, 0.25) is 5.02 Å². The Labute approximate surface area is 174 Å². The van der Waals surface area contributed by atoms with Crippen LogP contribution in [-0.2, 0) is 9.59 Å². The number of aliphatic hydroxyl groups excluding tert-OH is 1. The number of hydrogen-bond donors (Lipinski definition) is 3. The third-order valence-electron chi connectivity index (χ3n) is 3.93. The van der Waals surface area contributed by atoms with Crippen molar-refractivity contribution in [3.05, 3.63) is 59.1 Å². The van der Waals surface area contributed by atoms with Crippen molar-refractivity contribution in [2.45, 2.75) is 42.9 Å². The maximum Gasteiger partial charge on any atom is 0.313 e. The van der Waals surface area contributed by atoms with Crippen LogP contribution >= 0.6 is 23.4 Å². The maximum atomic E-state index is 12.5. The lowest BCUT2D eigenvalue weighted by atomic mass is 10.0. The van der Waals surface area contributed by atoms with E-state index in [0.717, 1.165) is 10.5 Å². The second kappa shape index (κ2) is 11.1. The van der Waals surface area contributed by atoms with Gasteiger partial charge >= 0.3 is 11.8 Å². The molecule has 0 aliphatic rings. The molecular formula is C21H25ClN2O3S. The third-order valence-corrected chi connectivity index (χ3v) is 5.51. The summed E-state index contributed by atoms with van der Waals surface area (Å²) in [6.45, 7) is 4.07. The zero-order valence-corrected chi connectivity index (χ0v) is 17.5. The zero-order chi connectivity index (χ0) is 20.5. The summed E-state index contributed by atoms with van der Waals surface area (Å²) in [7, 11) is 0. The van der Waals surface area contributed by atoms with Gasteiger partial charge in [-0.3, -0.25) is 9.59 Å². The average Bonchev–Trinajstić information content (AvgIpc) is 2.68. The Balaban J connectivity index is 2.11. The highest BCUT2D eigenvalue weighted by Crippen LogP contribution is 2.36. The Bertz CT molecular complexity index is 799. The first kappa shape index (κ1) is 22.3. The fraction of sp³-hybridized carbons (Fsp3) is 0.333. The molecule has 3 N–H and O–H groups in total. The predicted molar refractivity (Wildman–Crippen MR) is 115 cm³/mol. The summed E-state index contributed by atoms with van der Waals surface area (Å²) in [6.07, 6.45) is 1.05. The first-order valence-corrected chi connectivity index (χ1v) is 10.4. The molecule has 0 aromatic heterocycles. The SMILES string of the molecule is CC(C)Sc1c(Cl)cccc1NC(=O)C(=O)NC(CCCO)c1ccccc1. The molecule has 7 heteroatoms. The number of thioether (sulfide) groups is 1. The number of anilines is 1. The number of halogens is 1. The molecule has 2 amide bonds. The lowest BCUT2D eigenvalue weighted by Crippen LogP contribution is -2.38. The molecule has 0 fully saturated rings. The van der Waals surface area contributed by atoms with Gasteiger partial charge in [0, 0.05) is 16.8 Å². The normalized spacial score (nSPS) is 11.9. The lowest BCUT2D eigenvalue weighted by molar-refractivity contribution is -0.136. The highest BCUT2D eigenvalue weighted by Gasteiger charge is 2.21. The molecule has 2 aromatic rings. The zero-order valence-electron chi connectivity index (χ0n) is 15.9. The molecule has 1 unspecified atom stereocenters. The summed E-state index contributed by atoms with van der Waals surface area (Å²) < 4.78 is 0. The Morgan fingerprint density at radius 1 is 1.07 bits per heavy atom. The largest absolute Gasteiger partial charge is 0.396 e. The van der Waals surface area contributed by atoms with Crippen molar-refractivity contribution in [2.75, 3.05) is 11.9 Å². The van der Waals surface area contributed by atoms with Gasteiger partial charge < -0.3 is 15.7 Å². The number of benzene rings is 2. The summed E-state index contributed by atoms with van der Waals surface area (Å²) in [6, 6.07) is 14.2. The number of aliphatic hydroxyl groups is 1. The molecule has 2 rings (SSSR count). The number of hydrogen-bond acceptors (Lipinski definition) is 4. The van der Waals surface area contributed by atoms with Gasteiger partial charge in [-0.2, -0.15) is 0 Å². The van der Waals surface area contributed by atoms with Gasteiger partial charge in [0.1, 0.15) is 0 Å². The van der Waals surface area contributed by atoms with Crippen molar-refractivity contribution in [1.29, 1.82) is 0 Å². The molecule has 0 aliphatic carbocycles. The molecule has 150 valence electrons. The van der Waals surface area contributed by atoms with Gasteiger partial charge in [0.2, 0.25) is 0 Å². The van der Waals surface area contributed by atoms with Gasteiger partial charge in [-0.1, -0.05) is 61.8 Å². The van der Waals surface area contributed by atoms with Crippen molar-refractivity contribution < 1.29 is 14.7 Å². The summed E-state index contributed by atoms with van der Waals surface area (Å²) in [5.74, 6) is -1.48. The van der Waals surface area contributed by atoms with Crippen LogP contribution in [0.25, 0.3) is 0 Å². The van der Waals surface area contributed by atoms with Crippen LogP contribution < -0.4 is 10.6 Å². The molecule has 0 bridgehead atoms. The number of carbonyl (C=O) groups excluding carboxylic acids is 2. The Morgan fingerprint density at radius 2 is 1.79 bits per heavy atom. The van der Waals surface area contributed by atoms with Crippen molar-refractivity contribution in [1.82, 2.24) is 5.32 Å². The Kier molecular flexibility index (Phi) is 8.83. The van der Waals surface area contributed by atoms with Crippen LogP contribution in [0.15, 0.2) is 53.4 Å². The van der Waals surface area contributed by atoms with E-state index in [2.05, 4.69) is 10.6 Å². The number of nitrogens with one attached hydrogen (secondary N) is 2. The molecule has 0 spiro atoms. The second-order valence-corrected chi connectivity index (χ2v) is 8.53. The maximum absolute atomic E-state index is 12.5. The fourth-order valence-corrected chi connectivity index (χ4v) is 3.87. The van der Waals surface area contributed by atoms with E-state index < -0.39 is 11.8 Å². The smallest absolute Gasteiger partial charge is 0.313 e. The van der Waals surface area contributed by atoms with E-state index in [1.54, 1.807) is 18.2 Å². The van der Waals surface area contributed by atoms with E-state index in [1.165, 1.54) is 11.8 Å². The highest BCUT2D eigenvalue weighted by atomic mass is 35.5. The fourth-order valence-electron chi connectivity index (χ4n) is 2.67. The van der Waals surface area contributed by atoms with Crippen molar-refractivity contribution in [3.8, 4) is 0 Å². The van der Waals surface area contributed by atoms with Crippen LogP contribution in [0.3, 0.4) is 0 Å². The molecule has 0 aliphatic heterocycles. The topological polar surface area (TPSA) is 78.4 Å². The van der Waals surface area contributed by atoms with Gasteiger partial charge in [-0.15, -0.1) is 11.8 Å². The third kappa shape index (κ3) is 6.55. The van der Waals surface area contributed by atoms with Gasteiger partial charge in [0.05, 0.1) is 16.8 Å². The first-order valence-electron chi connectivity index (χ1n) is 9.15. The first-order chi connectivity index (χ1) is 13.4. The number of rotatable bonds is 8. The minimum atomic E-state index is -0.752. The highest BCUT2D eigenvalue weighted by molar-refractivity contribution is 8.00. The Morgan fingerprint density at radius 3 is 2.43 bits per heavy atom. The summed E-state index contributed by atoms with van der Waals surface area (Å²) in [5, 5.41) is 15.3. The quantitative estimate of drug-likeness (QED) is 0.436. The molecule has 28 heavy (non-hydrogen) atoms. The van der Waals surface area contributed by atoms with E-state index in [1.807, 2.05) is 44.2 Å². The van der Waals surface area contributed by atoms with Crippen LogP contribution in [0.5, 0.6) is 0 Å². The lowest BCUT2D eigenvalue weighted by Gasteiger charge is -2.19. The van der Waals surface area contributed by atoms with Gasteiger partial charge in [-0.25, -0.2) is 0 Å². The van der Waals surface area contributed by atoms with Crippen molar-refractivity contribution >= 4 is 40.9 Å². The van der Waals surface area contributed by atoms with Crippen LogP contribution in [0, 0.1) is 0 Å². The predicted octanol–water partition coefficient (Wildman–Crippen LogP) is 4.41. The van der Waals surface area contributed by atoms with Crippen LogP contribution in [0.1, 0.15) is 38.3 Å². The number of amides is 2. The minimum absolute atomic E-state index is 0.0176. The summed E-state index contributed by atoms with van der Waals surface area (Å²) in [4.78, 5) is 25.7. The van der Waals surface area contributed by atoms with Crippen LogP contribution in [0.4, 0.5) is 5.69 Å². The Hall–Kier alpha value is -2.02. The second-order valence-electron chi connectivity index (χ2n) is 6.54. The van der Waals surface area contributed by atoms with Crippen molar-refractivity contribution in [2.24, 2.45) is 0 Å². The van der Waals surface area contributed by atoms with E-state index in [9.17, 15) is 9.59 Å². The standard InChI is InChI=1S/C21H25ClN2O3S/c1-14(2)28-19-16(22)10-6-11-18(19)24-21(27)20(26)23-17(12-7-13-25)15-8-4-3-5-9-15/h3-6,8-11,14,17,25H,7,12-13H2,1-2H3,(H,23,26)(H,24,27).